The Kier molecular flexibility index (Phi) is 7.78. The van der Waals surface area contributed by atoms with E-state index in [9.17, 15) is 18.7 Å². The molecule has 1 heterocycles. The van der Waals surface area contributed by atoms with E-state index in [0.29, 0.717) is 30.6 Å². The van der Waals surface area contributed by atoms with Gasteiger partial charge in [-0.05, 0) is 60.3 Å². The van der Waals surface area contributed by atoms with E-state index < -0.39 is 29.1 Å². The predicted molar refractivity (Wildman–Crippen MR) is 128 cm³/mol. The molecule has 3 aromatic rings. The number of piperidine rings is 1. The first-order valence-electron chi connectivity index (χ1n) is 11.7. The third kappa shape index (κ3) is 5.36. The normalized spacial score (nSPS) is 18.1. The Morgan fingerprint density at radius 3 is 2.46 bits per heavy atom. The van der Waals surface area contributed by atoms with Gasteiger partial charge in [0.05, 0.1) is 19.6 Å². The number of ether oxygens (including phenoxy) is 2. The smallest absolute Gasteiger partial charge is 0.307 e. The molecule has 7 heteroatoms. The van der Waals surface area contributed by atoms with Crippen molar-refractivity contribution in [3.8, 4) is 5.75 Å². The molecule has 0 saturated carbocycles. The Morgan fingerprint density at radius 1 is 1.03 bits per heavy atom. The van der Waals surface area contributed by atoms with Crippen LogP contribution in [0.25, 0.3) is 0 Å². The lowest BCUT2D eigenvalue weighted by Crippen LogP contribution is -2.42. The minimum Gasteiger partial charge on any atom is -0.494 e. The van der Waals surface area contributed by atoms with E-state index in [-0.39, 0.29) is 12.4 Å². The summed E-state index contributed by atoms with van der Waals surface area (Å²) in [5.74, 6) is -2.07. The lowest BCUT2D eigenvalue weighted by molar-refractivity contribution is -0.143. The van der Waals surface area contributed by atoms with Gasteiger partial charge in [-0.1, -0.05) is 48.5 Å². The maximum atomic E-state index is 14.9. The second-order valence-electron chi connectivity index (χ2n) is 8.73. The van der Waals surface area contributed by atoms with Crippen molar-refractivity contribution >= 4 is 5.97 Å². The Labute approximate surface area is 203 Å². The quantitative estimate of drug-likeness (QED) is 0.432. The van der Waals surface area contributed by atoms with Crippen molar-refractivity contribution in [1.29, 1.82) is 0 Å². The molecule has 0 aromatic heterocycles. The Hall–Kier alpha value is -3.29. The molecule has 184 valence electrons. The van der Waals surface area contributed by atoms with Gasteiger partial charge >= 0.3 is 5.97 Å². The van der Waals surface area contributed by atoms with Gasteiger partial charge in [0.15, 0.2) is 11.6 Å². The van der Waals surface area contributed by atoms with E-state index in [4.69, 9.17) is 9.47 Å². The maximum absolute atomic E-state index is 14.9. The Morgan fingerprint density at radius 2 is 1.77 bits per heavy atom. The third-order valence-electron chi connectivity index (χ3n) is 6.55. The molecule has 1 unspecified atom stereocenters. The topological polar surface area (TPSA) is 59.0 Å². The summed E-state index contributed by atoms with van der Waals surface area (Å²) in [6.07, 6.45) is 1.46. The van der Waals surface area contributed by atoms with Crippen LogP contribution in [0.5, 0.6) is 5.75 Å². The highest BCUT2D eigenvalue weighted by Gasteiger charge is 2.39. The number of rotatable bonds is 9. The summed E-state index contributed by atoms with van der Waals surface area (Å²) in [6.45, 7) is 1.95. The number of likely N-dealkylation sites (tertiary alicyclic amines) is 1. The van der Waals surface area contributed by atoms with Gasteiger partial charge in [-0.2, -0.15) is 0 Å². The highest BCUT2D eigenvalue weighted by atomic mass is 19.1. The van der Waals surface area contributed by atoms with E-state index in [2.05, 4.69) is 4.90 Å². The van der Waals surface area contributed by atoms with E-state index in [1.54, 1.807) is 18.2 Å². The Balaban J connectivity index is 1.74. The molecule has 1 aliphatic rings. The standard InChI is InChI=1S/C28H29F2NO4/c1-34-26-13-12-23(18-25(26)30)28(21-8-3-2-4-9-21,22-10-5-11-24(29)17-22)35-16-15-31-14-6-7-20(19-31)27(32)33/h2-5,8-13,17-18,20H,6-7,14-16,19H2,1H3,(H,32,33)/t20-,28?/m0/s1. The summed E-state index contributed by atoms with van der Waals surface area (Å²) in [7, 11) is 1.40. The minimum absolute atomic E-state index is 0.1000. The summed E-state index contributed by atoms with van der Waals surface area (Å²) >= 11 is 0. The molecule has 2 atom stereocenters. The Bertz CT molecular complexity index is 1160. The number of aliphatic carboxylic acids is 1. The number of benzene rings is 3. The molecule has 0 amide bonds. The first-order chi connectivity index (χ1) is 16.9. The van der Waals surface area contributed by atoms with Gasteiger partial charge in [-0.3, -0.25) is 4.79 Å². The van der Waals surface area contributed by atoms with Crippen molar-refractivity contribution in [2.24, 2.45) is 5.92 Å². The molecule has 0 spiro atoms. The number of carboxylic acids is 1. The van der Waals surface area contributed by atoms with Crippen LogP contribution in [0, 0.1) is 17.6 Å². The second-order valence-corrected chi connectivity index (χ2v) is 8.73. The van der Waals surface area contributed by atoms with Crippen LogP contribution in [0.2, 0.25) is 0 Å². The fraction of sp³-hybridized carbons (Fsp3) is 0.321. The van der Waals surface area contributed by atoms with E-state index in [1.807, 2.05) is 30.3 Å². The number of hydrogen-bond acceptors (Lipinski definition) is 4. The molecule has 35 heavy (non-hydrogen) atoms. The zero-order valence-corrected chi connectivity index (χ0v) is 19.6. The molecule has 1 aliphatic heterocycles. The molecular formula is C28H29F2NO4. The number of carboxylic acid groups (broad SMARTS) is 1. The monoisotopic (exact) mass is 481 g/mol. The molecular weight excluding hydrogens is 452 g/mol. The second kappa shape index (κ2) is 11.0. The van der Waals surface area contributed by atoms with Gasteiger partial charge in [-0.15, -0.1) is 0 Å². The zero-order valence-electron chi connectivity index (χ0n) is 19.6. The summed E-state index contributed by atoms with van der Waals surface area (Å²) in [5, 5.41) is 9.41. The van der Waals surface area contributed by atoms with Crippen molar-refractivity contribution in [3.63, 3.8) is 0 Å². The van der Waals surface area contributed by atoms with Crippen LogP contribution in [0.1, 0.15) is 29.5 Å². The van der Waals surface area contributed by atoms with Gasteiger partial charge in [0, 0.05) is 13.1 Å². The average Bonchev–Trinajstić information content (AvgIpc) is 2.87. The highest BCUT2D eigenvalue weighted by molar-refractivity contribution is 5.70. The van der Waals surface area contributed by atoms with E-state index in [1.165, 1.54) is 31.4 Å². The molecule has 0 aliphatic carbocycles. The molecule has 1 fully saturated rings. The lowest BCUT2D eigenvalue weighted by atomic mass is 9.80. The molecule has 4 rings (SSSR count). The molecule has 0 radical (unpaired) electrons. The van der Waals surface area contributed by atoms with Crippen molar-refractivity contribution in [1.82, 2.24) is 4.90 Å². The number of hydrogen-bond donors (Lipinski definition) is 1. The van der Waals surface area contributed by atoms with Gasteiger partial charge < -0.3 is 19.5 Å². The van der Waals surface area contributed by atoms with E-state index in [0.717, 1.165) is 18.5 Å². The van der Waals surface area contributed by atoms with Crippen molar-refractivity contribution in [2.75, 3.05) is 33.4 Å². The first kappa shape index (κ1) is 24.8. The number of nitrogens with zero attached hydrogens (tertiary/aromatic N) is 1. The molecule has 3 aromatic carbocycles. The summed E-state index contributed by atoms with van der Waals surface area (Å²) in [6, 6.07) is 20.1. The van der Waals surface area contributed by atoms with E-state index >= 15 is 0 Å². The minimum atomic E-state index is -1.29. The van der Waals surface area contributed by atoms with Crippen LogP contribution in [-0.2, 0) is 15.1 Å². The number of halogens is 2. The van der Waals surface area contributed by atoms with Crippen LogP contribution in [0.15, 0.2) is 72.8 Å². The van der Waals surface area contributed by atoms with Crippen LogP contribution in [-0.4, -0.2) is 49.3 Å². The number of carbonyl (C=O) groups is 1. The van der Waals surface area contributed by atoms with Crippen LogP contribution in [0.4, 0.5) is 8.78 Å². The molecule has 1 N–H and O–H groups in total. The highest BCUT2D eigenvalue weighted by Crippen LogP contribution is 2.42. The molecule has 1 saturated heterocycles. The third-order valence-corrected chi connectivity index (χ3v) is 6.55. The summed E-state index contributed by atoms with van der Waals surface area (Å²) < 4.78 is 41.1. The molecule has 0 bridgehead atoms. The maximum Gasteiger partial charge on any atom is 0.307 e. The van der Waals surface area contributed by atoms with Crippen molar-refractivity contribution in [2.45, 2.75) is 18.4 Å². The van der Waals surface area contributed by atoms with Crippen molar-refractivity contribution in [3.05, 3.63) is 101 Å². The molecule has 5 nitrogen and oxygen atoms in total. The average molecular weight is 482 g/mol. The van der Waals surface area contributed by atoms with Crippen LogP contribution in [0.3, 0.4) is 0 Å². The first-order valence-corrected chi connectivity index (χ1v) is 11.7. The van der Waals surface area contributed by atoms with Gasteiger partial charge in [0.2, 0.25) is 0 Å². The fourth-order valence-corrected chi connectivity index (χ4v) is 4.80. The largest absolute Gasteiger partial charge is 0.494 e. The SMILES string of the molecule is COc1ccc(C(OCCN2CCC[C@H](C(=O)O)C2)(c2ccccc2)c2cccc(F)c2)cc1F. The number of methoxy groups -OCH3 is 1. The van der Waals surface area contributed by atoms with Gasteiger partial charge in [-0.25, -0.2) is 8.78 Å². The van der Waals surface area contributed by atoms with Crippen LogP contribution >= 0.6 is 0 Å². The summed E-state index contributed by atoms with van der Waals surface area (Å²) in [4.78, 5) is 13.5. The fourth-order valence-electron chi connectivity index (χ4n) is 4.80. The van der Waals surface area contributed by atoms with Crippen molar-refractivity contribution < 1.29 is 28.2 Å². The lowest BCUT2D eigenvalue weighted by Gasteiger charge is -2.37. The summed E-state index contributed by atoms with van der Waals surface area (Å²) in [5.41, 5.74) is 0.445. The van der Waals surface area contributed by atoms with Crippen LogP contribution < -0.4 is 4.74 Å². The van der Waals surface area contributed by atoms with Gasteiger partial charge in [0.25, 0.3) is 0 Å². The van der Waals surface area contributed by atoms with Gasteiger partial charge in [0.1, 0.15) is 11.4 Å². The predicted octanol–water partition coefficient (Wildman–Crippen LogP) is 5.08. The zero-order chi connectivity index (χ0) is 24.8.